The largest absolute Gasteiger partial charge is 0.368 e. The summed E-state index contributed by atoms with van der Waals surface area (Å²) in [4.78, 5) is 2.28. The molecule has 0 aliphatic carbocycles. The van der Waals surface area contributed by atoms with Crippen molar-refractivity contribution in [3.63, 3.8) is 0 Å². The van der Waals surface area contributed by atoms with Gasteiger partial charge in [-0.1, -0.05) is 19.1 Å². The van der Waals surface area contributed by atoms with Crippen LogP contribution in [0.2, 0.25) is 0 Å². The third-order valence-electron chi connectivity index (χ3n) is 2.42. The Bertz CT molecular complexity index is 350. The van der Waals surface area contributed by atoms with Crippen LogP contribution in [0.3, 0.4) is 0 Å². The number of nitriles is 1. The van der Waals surface area contributed by atoms with Crippen LogP contribution < -0.4 is 4.90 Å². The molecule has 0 saturated carbocycles. The molecule has 0 fully saturated rings. The van der Waals surface area contributed by atoms with Crippen molar-refractivity contribution in [3.8, 4) is 6.07 Å². The number of anilines is 1. The van der Waals surface area contributed by atoms with Gasteiger partial charge in [0.2, 0.25) is 0 Å². The minimum absolute atomic E-state index is 0.430. The number of rotatable bonds is 4. The Hall–Kier alpha value is -1.49. The summed E-state index contributed by atoms with van der Waals surface area (Å²) < 4.78 is 0. The third kappa shape index (κ3) is 2.73. The number of nitrogens with zero attached hydrogens (tertiary/aromatic N) is 2. The highest BCUT2D eigenvalue weighted by Crippen LogP contribution is 2.21. The fraction of sp³-hybridized carbons (Fsp3) is 0.462. The highest BCUT2D eigenvalue weighted by Gasteiger charge is 2.12. The Morgan fingerprint density at radius 1 is 1.33 bits per heavy atom. The zero-order valence-corrected chi connectivity index (χ0v) is 9.70. The van der Waals surface area contributed by atoms with Crippen molar-refractivity contribution in [2.24, 2.45) is 0 Å². The lowest BCUT2D eigenvalue weighted by Crippen LogP contribution is -2.32. The molecule has 0 amide bonds. The van der Waals surface area contributed by atoms with Crippen LogP contribution in [0.15, 0.2) is 24.3 Å². The predicted octanol–water partition coefficient (Wildman–Crippen LogP) is 3.18. The van der Waals surface area contributed by atoms with E-state index in [1.165, 1.54) is 0 Å². The molecular formula is C13H18N2. The minimum atomic E-state index is 0.430. The number of hydrogen-bond acceptors (Lipinski definition) is 2. The lowest BCUT2D eigenvalue weighted by atomic mass is 10.1. The van der Waals surface area contributed by atoms with Gasteiger partial charge in [-0.3, -0.25) is 0 Å². The van der Waals surface area contributed by atoms with Crippen molar-refractivity contribution < 1.29 is 0 Å². The summed E-state index contributed by atoms with van der Waals surface area (Å²) in [6.07, 6.45) is 1.10. The summed E-state index contributed by atoms with van der Waals surface area (Å²) >= 11 is 0. The molecule has 0 radical (unpaired) electrons. The molecule has 0 atom stereocenters. The van der Waals surface area contributed by atoms with Gasteiger partial charge in [0, 0.05) is 12.6 Å². The molecule has 0 aliphatic rings. The second-order valence-corrected chi connectivity index (χ2v) is 3.92. The third-order valence-corrected chi connectivity index (χ3v) is 2.42. The molecule has 0 spiro atoms. The molecule has 0 heterocycles. The molecule has 1 aromatic carbocycles. The molecule has 0 aliphatic heterocycles. The zero-order valence-electron chi connectivity index (χ0n) is 9.70. The van der Waals surface area contributed by atoms with Crippen LogP contribution in [0, 0.1) is 11.3 Å². The highest BCUT2D eigenvalue weighted by atomic mass is 15.1. The Kier molecular flexibility index (Phi) is 4.17. The molecule has 2 heteroatoms. The maximum atomic E-state index is 9.04. The molecule has 0 bridgehead atoms. The topological polar surface area (TPSA) is 27.0 Å². The molecular weight excluding hydrogens is 184 g/mol. The van der Waals surface area contributed by atoms with Crippen LogP contribution in [0.25, 0.3) is 0 Å². The van der Waals surface area contributed by atoms with Gasteiger partial charge in [0.05, 0.1) is 11.3 Å². The van der Waals surface area contributed by atoms with E-state index in [2.05, 4.69) is 31.7 Å². The molecule has 80 valence electrons. The summed E-state index contributed by atoms with van der Waals surface area (Å²) in [5.74, 6) is 0. The molecule has 0 aromatic heterocycles. The maximum absolute atomic E-state index is 9.04. The van der Waals surface area contributed by atoms with Crippen molar-refractivity contribution in [3.05, 3.63) is 29.8 Å². The van der Waals surface area contributed by atoms with E-state index in [1.54, 1.807) is 0 Å². The number of hydrogen-bond donors (Lipinski definition) is 0. The van der Waals surface area contributed by atoms with Crippen LogP contribution in [-0.2, 0) is 0 Å². The van der Waals surface area contributed by atoms with Crippen molar-refractivity contribution in [2.75, 3.05) is 11.4 Å². The normalized spacial score (nSPS) is 10.1. The van der Waals surface area contributed by atoms with E-state index < -0.39 is 0 Å². The monoisotopic (exact) mass is 202 g/mol. The van der Waals surface area contributed by atoms with Crippen molar-refractivity contribution in [1.82, 2.24) is 0 Å². The Morgan fingerprint density at radius 2 is 2.00 bits per heavy atom. The summed E-state index contributed by atoms with van der Waals surface area (Å²) in [6, 6.07) is 10.5. The Labute approximate surface area is 92.1 Å². The predicted molar refractivity (Wildman–Crippen MR) is 63.9 cm³/mol. The van der Waals surface area contributed by atoms with E-state index in [4.69, 9.17) is 5.26 Å². The second-order valence-electron chi connectivity index (χ2n) is 3.92. The summed E-state index contributed by atoms with van der Waals surface area (Å²) in [5, 5.41) is 9.04. The lowest BCUT2D eigenvalue weighted by Gasteiger charge is -2.29. The quantitative estimate of drug-likeness (QED) is 0.749. The van der Waals surface area contributed by atoms with Gasteiger partial charge in [-0.15, -0.1) is 0 Å². The van der Waals surface area contributed by atoms with Gasteiger partial charge in [0.25, 0.3) is 0 Å². The summed E-state index contributed by atoms with van der Waals surface area (Å²) in [6.45, 7) is 7.47. The smallest absolute Gasteiger partial charge is 0.101 e. The van der Waals surface area contributed by atoms with Crippen LogP contribution in [0.4, 0.5) is 5.69 Å². The van der Waals surface area contributed by atoms with Crippen LogP contribution >= 0.6 is 0 Å². The minimum Gasteiger partial charge on any atom is -0.368 e. The first kappa shape index (κ1) is 11.6. The molecule has 1 rings (SSSR count). The van der Waals surface area contributed by atoms with E-state index >= 15 is 0 Å². The van der Waals surface area contributed by atoms with Crippen molar-refractivity contribution in [2.45, 2.75) is 33.2 Å². The molecule has 15 heavy (non-hydrogen) atoms. The first-order valence-electron chi connectivity index (χ1n) is 5.46. The van der Waals surface area contributed by atoms with E-state index in [9.17, 15) is 0 Å². The van der Waals surface area contributed by atoms with Gasteiger partial charge in [0.15, 0.2) is 0 Å². The molecule has 0 unspecified atom stereocenters. The molecule has 0 N–H and O–H groups in total. The van der Waals surface area contributed by atoms with Gasteiger partial charge in [-0.2, -0.15) is 5.26 Å². The van der Waals surface area contributed by atoms with Gasteiger partial charge < -0.3 is 4.90 Å². The van der Waals surface area contributed by atoms with Crippen LogP contribution in [0.1, 0.15) is 32.8 Å². The molecule has 1 aromatic rings. The van der Waals surface area contributed by atoms with E-state index in [0.717, 1.165) is 24.2 Å². The summed E-state index contributed by atoms with van der Waals surface area (Å²) in [7, 11) is 0. The van der Waals surface area contributed by atoms with Crippen LogP contribution in [-0.4, -0.2) is 12.6 Å². The van der Waals surface area contributed by atoms with Crippen LogP contribution in [0.5, 0.6) is 0 Å². The number of benzene rings is 1. The van der Waals surface area contributed by atoms with Crippen molar-refractivity contribution >= 4 is 5.69 Å². The lowest BCUT2D eigenvalue weighted by molar-refractivity contribution is 0.670. The first-order chi connectivity index (χ1) is 7.20. The maximum Gasteiger partial charge on any atom is 0.101 e. The second kappa shape index (κ2) is 5.41. The standard InChI is InChI=1S/C13H18N2/c1-4-9-15(11(2)3)13-8-6-5-7-12(13)10-14/h5-8,11H,4,9H2,1-3H3. The highest BCUT2D eigenvalue weighted by molar-refractivity contribution is 5.59. The fourth-order valence-electron chi connectivity index (χ4n) is 1.72. The van der Waals surface area contributed by atoms with E-state index in [1.807, 2.05) is 24.3 Å². The average molecular weight is 202 g/mol. The van der Waals surface area contributed by atoms with Gasteiger partial charge in [-0.25, -0.2) is 0 Å². The van der Waals surface area contributed by atoms with E-state index in [-0.39, 0.29) is 0 Å². The number of para-hydroxylation sites is 1. The fourth-order valence-corrected chi connectivity index (χ4v) is 1.72. The van der Waals surface area contributed by atoms with Gasteiger partial charge >= 0.3 is 0 Å². The Balaban J connectivity index is 3.05. The first-order valence-corrected chi connectivity index (χ1v) is 5.46. The van der Waals surface area contributed by atoms with Crippen molar-refractivity contribution in [1.29, 1.82) is 5.26 Å². The molecule has 2 nitrogen and oxygen atoms in total. The SMILES string of the molecule is CCCN(c1ccccc1C#N)C(C)C. The van der Waals surface area contributed by atoms with E-state index in [0.29, 0.717) is 6.04 Å². The summed E-state index contributed by atoms with van der Waals surface area (Å²) in [5.41, 5.74) is 1.82. The Morgan fingerprint density at radius 3 is 2.53 bits per heavy atom. The zero-order chi connectivity index (χ0) is 11.3. The van der Waals surface area contributed by atoms with Gasteiger partial charge in [-0.05, 0) is 32.4 Å². The molecule has 0 saturated heterocycles. The average Bonchev–Trinajstić information content (AvgIpc) is 2.25. The van der Waals surface area contributed by atoms with Gasteiger partial charge in [0.1, 0.15) is 6.07 Å².